The summed E-state index contributed by atoms with van der Waals surface area (Å²) in [5.41, 5.74) is 8.24. The Morgan fingerprint density at radius 3 is 2.85 bits per heavy atom. The van der Waals surface area contributed by atoms with E-state index in [-0.39, 0.29) is 11.4 Å². The molecule has 5 nitrogen and oxygen atoms in total. The van der Waals surface area contributed by atoms with Gasteiger partial charge in [-0.1, -0.05) is 0 Å². The van der Waals surface area contributed by atoms with Gasteiger partial charge in [-0.2, -0.15) is 0 Å². The Labute approximate surface area is 120 Å². The van der Waals surface area contributed by atoms with Gasteiger partial charge < -0.3 is 20.7 Å². The van der Waals surface area contributed by atoms with Crippen molar-refractivity contribution in [3.63, 3.8) is 0 Å². The fourth-order valence-corrected chi connectivity index (χ4v) is 2.51. The minimum atomic E-state index is -0.0977. The summed E-state index contributed by atoms with van der Waals surface area (Å²) in [6.07, 6.45) is 0. The molecule has 5 heteroatoms. The molecule has 20 heavy (non-hydrogen) atoms. The lowest BCUT2D eigenvalue weighted by Crippen LogP contribution is -2.53. The van der Waals surface area contributed by atoms with E-state index < -0.39 is 0 Å². The summed E-state index contributed by atoms with van der Waals surface area (Å²) in [5.74, 6) is -0.0908. The standard InChI is InChI=1S/C15H23N3O2/c1-4-17-14(19)11-5-6-13(12(16)9-11)18-7-8-20-10-15(18,2)3/h5-6,9H,4,7-8,10,16H2,1-3H3,(H,17,19). The van der Waals surface area contributed by atoms with Gasteiger partial charge in [-0.25, -0.2) is 0 Å². The largest absolute Gasteiger partial charge is 0.397 e. The maximum absolute atomic E-state index is 11.8. The Morgan fingerprint density at radius 1 is 1.50 bits per heavy atom. The van der Waals surface area contributed by atoms with Crippen molar-refractivity contribution in [2.75, 3.05) is 36.9 Å². The second-order valence-electron chi connectivity index (χ2n) is 5.65. The zero-order valence-electron chi connectivity index (χ0n) is 12.4. The fraction of sp³-hybridized carbons (Fsp3) is 0.533. The molecule has 1 saturated heterocycles. The van der Waals surface area contributed by atoms with Crippen molar-refractivity contribution in [3.05, 3.63) is 23.8 Å². The molecule has 1 aromatic rings. The Hall–Kier alpha value is -1.75. The average molecular weight is 277 g/mol. The summed E-state index contributed by atoms with van der Waals surface area (Å²) in [6.45, 7) is 8.93. The molecular formula is C15H23N3O2. The van der Waals surface area contributed by atoms with E-state index in [0.717, 1.165) is 12.2 Å². The molecule has 1 aromatic carbocycles. The van der Waals surface area contributed by atoms with Crippen molar-refractivity contribution in [2.45, 2.75) is 26.3 Å². The predicted octanol–water partition coefficient (Wildman–Crippen LogP) is 1.63. The van der Waals surface area contributed by atoms with Crippen LogP contribution in [0.15, 0.2) is 18.2 Å². The van der Waals surface area contributed by atoms with E-state index in [1.165, 1.54) is 0 Å². The van der Waals surface area contributed by atoms with Gasteiger partial charge in [0, 0.05) is 18.7 Å². The molecule has 2 rings (SSSR count). The molecule has 1 amide bonds. The monoisotopic (exact) mass is 277 g/mol. The van der Waals surface area contributed by atoms with Gasteiger partial charge in [-0.05, 0) is 39.0 Å². The van der Waals surface area contributed by atoms with Gasteiger partial charge in [-0.15, -0.1) is 0 Å². The van der Waals surface area contributed by atoms with Gasteiger partial charge in [0.2, 0.25) is 0 Å². The Balaban J connectivity index is 2.27. The number of carbonyl (C=O) groups excluding carboxylic acids is 1. The highest BCUT2D eigenvalue weighted by atomic mass is 16.5. The molecule has 1 heterocycles. The number of anilines is 2. The number of nitrogen functional groups attached to an aromatic ring is 1. The van der Waals surface area contributed by atoms with Crippen LogP contribution in [-0.4, -0.2) is 37.7 Å². The zero-order valence-corrected chi connectivity index (χ0v) is 12.4. The summed E-state index contributed by atoms with van der Waals surface area (Å²) in [5, 5.41) is 2.78. The van der Waals surface area contributed by atoms with Crippen molar-refractivity contribution in [2.24, 2.45) is 0 Å². The molecule has 1 fully saturated rings. The third-order valence-electron chi connectivity index (χ3n) is 3.56. The number of morpholine rings is 1. The van der Waals surface area contributed by atoms with E-state index in [1.54, 1.807) is 6.07 Å². The van der Waals surface area contributed by atoms with Gasteiger partial charge >= 0.3 is 0 Å². The smallest absolute Gasteiger partial charge is 0.251 e. The van der Waals surface area contributed by atoms with Crippen LogP contribution in [0.25, 0.3) is 0 Å². The van der Waals surface area contributed by atoms with E-state index in [9.17, 15) is 4.79 Å². The predicted molar refractivity (Wildman–Crippen MR) is 81.1 cm³/mol. The maximum Gasteiger partial charge on any atom is 0.251 e. The van der Waals surface area contributed by atoms with E-state index in [4.69, 9.17) is 10.5 Å². The van der Waals surface area contributed by atoms with Gasteiger partial charge in [-0.3, -0.25) is 4.79 Å². The van der Waals surface area contributed by atoms with E-state index in [2.05, 4.69) is 24.1 Å². The first-order chi connectivity index (χ1) is 9.45. The quantitative estimate of drug-likeness (QED) is 0.824. The molecule has 0 aliphatic carbocycles. The number of nitrogens with zero attached hydrogens (tertiary/aromatic N) is 1. The van der Waals surface area contributed by atoms with Gasteiger partial charge in [0.25, 0.3) is 5.91 Å². The third kappa shape index (κ3) is 2.88. The van der Waals surface area contributed by atoms with Crippen LogP contribution in [-0.2, 0) is 4.74 Å². The topological polar surface area (TPSA) is 67.6 Å². The number of nitrogens with two attached hydrogens (primary N) is 1. The number of rotatable bonds is 3. The van der Waals surface area contributed by atoms with Crippen LogP contribution in [0, 0.1) is 0 Å². The van der Waals surface area contributed by atoms with Crippen LogP contribution in [0.1, 0.15) is 31.1 Å². The van der Waals surface area contributed by atoms with Crippen LogP contribution >= 0.6 is 0 Å². The molecule has 0 atom stereocenters. The first kappa shape index (κ1) is 14.7. The lowest BCUT2D eigenvalue weighted by molar-refractivity contribution is 0.0645. The molecule has 0 bridgehead atoms. The van der Waals surface area contributed by atoms with Gasteiger partial charge in [0.05, 0.1) is 30.1 Å². The van der Waals surface area contributed by atoms with Crippen molar-refractivity contribution in [3.8, 4) is 0 Å². The number of hydrogen-bond acceptors (Lipinski definition) is 4. The second kappa shape index (κ2) is 5.71. The van der Waals surface area contributed by atoms with E-state index in [1.807, 2.05) is 19.1 Å². The van der Waals surface area contributed by atoms with Crippen LogP contribution < -0.4 is 16.0 Å². The molecule has 1 aliphatic rings. The van der Waals surface area contributed by atoms with Crippen molar-refractivity contribution in [1.82, 2.24) is 5.32 Å². The van der Waals surface area contributed by atoms with Gasteiger partial charge in [0.1, 0.15) is 0 Å². The Kier molecular flexibility index (Phi) is 4.18. The number of amides is 1. The summed E-state index contributed by atoms with van der Waals surface area (Å²) in [4.78, 5) is 14.1. The molecule has 1 aliphatic heterocycles. The first-order valence-electron chi connectivity index (χ1n) is 6.99. The molecule has 0 saturated carbocycles. The highest BCUT2D eigenvalue weighted by molar-refractivity contribution is 5.96. The lowest BCUT2D eigenvalue weighted by Gasteiger charge is -2.44. The molecule has 110 valence electrons. The zero-order chi connectivity index (χ0) is 14.8. The molecule has 0 radical (unpaired) electrons. The second-order valence-corrected chi connectivity index (χ2v) is 5.65. The third-order valence-corrected chi connectivity index (χ3v) is 3.56. The summed E-state index contributed by atoms with van der Waals surface area (Å²) in [6, 6.07) is 5.49. The minimum absolute atomic E-state index is 0.0908. The Bertz CT molecular complexity index is 500. The average Bonchev–Trinajstić information content (AvgIpc) is 2.39. The maximum atomic E-state index is 11.8. The summed E-state index contributed by atoms with van der Waals surface area (Å²) >= 11 is 0. The van der Waals surface area contributed by atoms with Gasteiger partial charge in [0.15, 0.2) is 0 Å². The van der Waals surface area contributed by atoms with E-state index in [0.29, 0.717) is 31.0 Å². The summed E-state index contributed by atoms with van der Waals surface area (Å²) < 4.78 is 5.52. The number of carbonyl (C=O) groups is 1. The summed E-state index contributed by atoms with van der Waals surface area (Å²) in [7, 11) is 0. The minimum Gasteiger partial charge on any atom is -0.397 e. The lowest BCUT2D eigenvalue weighted by atomic mass is 10.00. The number of ether oxygens (including phenoxy) is 1. The normalized spacial score (nSPS) is 17.9. The number of hydrogen-bond donors (Lipinski definition) is 2. The van der Waals surface area contributed by atoms with Crippen molar-refractivity contribution < 1.29 is 9.53 Å². The molecule has 0 spiro atoms. The van der Waals surface area contributed by atoms with Crippen LogP contribution in [0.5, 0.6) is 0 Å². The number of benzene rings is 1. The molecule has 3 N–H and O–H groups in total. The van der Waals surface area contributed by atoms with Crippen molar-refractivity contribution >= 4 is 17.3 Å². The number of nitrogens with one attached hydrogen (secondary N) is 1. The van der Waals surface area contributed by atoms with Crippen LogP contribution in [0.3, 0.4) is 0 Å². The fourth-order valence-electron chi connectivity index (χ4n) is 2.51. The van der Waals surface area contributed by atoms with E-state index >= 15 is 0 Å². The highest BCUT2D eigenvalue weighted by Crippen LogP contribution is 2.32. The van der Waals surface area contributed by atoms with Crippen LogP contribution in [0.2, 0.25) is 0 Å². The Morgan fingerprint density at radius 2 is 2.25 bits per heavy atom. The molecular weight excluding hydrogens is 254 g/mol. The van der Waals surface area contributed by atoms with Crippen LogP contribution in [0.4, 0.5) is 11.4 Å². The first-order valence-corrected chi connectivity index (χ1v) is 6.99. The highest BCUT2D eigenvalue weighted by Gasteiger charge is 2.31. The molecule has 0 unspecified atom stereocenters. The van der Waals surface area contributed by atoms with Crippen molar-refractivity contribution in [1.29, 1.82) is 0 Å². The SMILES string of the molecule is CCNC(=O)c1ccc(N2CCOCC2(C)C)c(N)c1. The molecule has 0 aromatic heterocycles.